The lowest BCUT2D eigenvalue weighted by Gasteiger charge is -2.29. The molecule has 37 heavy (non-hydrogen) atoms. The molecule has 8 nitrogen and oxygen atoms in total. The first-order chi connectivity index (χ1) is 17.9. The van der Waals surface area contributed by atoms with Crippen LogP contribution < -0.4 is 20.4 Å². The number of aromatic nitrogens is 1. The summed E-state index contributed by atoms with van der Waals surface area (Å²) in [5.41, 5.74) is 5.97. The van der Waals surface area contributed by atoms with E-state index in [0.29, 0.717) is 21.5 Å². The van der Waals surface area contributed by atoms with Gasteiger partial charge in [-0.3, -0.25) is 9.78 Å². The Kier molecular flexibility index (Phi) is 7.36. The summed E-state index contributed by atoms with van der Waals surface area (Å²) < 4.78 is 5.46. The van der Waals surface area contributed by atoms with E-state index < -0.39 is 6.17 Å². The van der Waals surface area contributed by atoms with Crippen LogP contribution in [0.15, 0.2) is 65.9 Å². The molecular formula is C27H27ClN6O2S. The second-order valence-electron chi connectivity index (χ2n) is 8.87. The van der Waals surface area contributed by atoms with Crippen molar-refractivity contribution in [3.8, 4) is 0 Å². The highest BCUT2D eigenvalue weighted by Crippen LogP contribution is 2.30. The number of carbonyl (C=O) groups is 1. The molecule has 1 amide bonds. The van der Waals surface area contributed by atoms with Crippen molar-refractivity contribution in [2.75, 3.05) is 48.5 Å². The van der Waals surface area contributed by atoms with E-state index in [1.54, 1.807) is 30.4 Å². The van der Waals surface area contributed by atoms with Crippen LogP contribution in [0.5, 0.6) is 0 Å². The van der Waals surface area contributed by atoms with Gasteiger partial charge in [0.05, 0.1) is 24.6 Å². The lowest BCUT2D eigenvalue weighted by molar-refractivity contribution is -0.119. The second kappa shape index (κ2) is 10.8. The van der Waals surface area contributed by atoms with Crippen molar-refractivity contribution >= 4 is 57.6 Å². The van der Waals surface area contributed by atoms with Crippen molar-refractivity contribution in [1.29, 1.82) is 0 Å². The number of carbonyl (C=O) groups excluding carboxylic acids is 1. The van der Waals surface area contributed by atoms with E-state index in [-0.39, 0.29) is 5.91 Å². The average molecular weight is 535 g/mol. The molecule has 1 atom stereocenters. The number of ether oxygens (including phenoxy) is 1. The number of aliphatic imine (C=N–C) groups is 1. The number of amides is 1. The Bertz CT molecular complexity index is 1360. The van der Waals surface area contributed by atoms with Gasteiger partial charge in [-0.25, -0.2) is 4.99 Å². The van der Waals surface area contributed by atoms with Gasteiger partial charge in [0.2, 0.25) is 6.17 Å². The Hall–Kier alpha value is -3.53. The number of thiocarbonyl (C=S) groups is 1. The van der Waals surface area contributed by atoms with Gasteiger partial charge in [0.1, 0.15) is 0 Å². The van der Waals surface area contributed by atoms with Crippen molar-refractivity contribution in [1.82, 2.24) is 10.3 Å². The van der Waals surface area contributed by atoms with Gasteiger partial charge >= 0.3 is 0 Å². The first-order valence-electron chi connectivity index (χ1n) is 12.0. The highest BCUT2D eigenvalue weighted by atomic mass is 35.5. The van der Waals surface area contributed by atoms with E-state index in [1.807, 2.05) is 37.3 Å². The third kappa shape index (κ3) is 5.44. The van der Waals surface area contributed by atoms with E-state index in [1.165, 1.54) is 0 Å². The maximum atomic E-state index is 13.5. The quantitative estimate of drug-likeness (QED) is 0.489. The fourth-order valence-corrected chi connectivity index (χ4v) is 4.86. The van der Waals surface area contributed by atoms with Gasteiger partial charge in [0.25, 0.3) is 5.91 Å². The Labute approximate surface area is 226 Å². The van der Waals surface area contributed by atoms with Crippen LogP contribution in [0.1, 0.15) is 16.7 Å². The van der Waals surface area contributed by atoms with Gasteiger partial charge in [-0.15, -0.1) is 0 Å². The number of pyridine rings is 1. The predicted molar refractivity (Wildman–Crippen MR) is 152 cm³/mol. The number of nitrogens with zero attached hydrogens (tertiary/aromatic N) is 4. The number of likely N-dealkylation sites (N-methyl/N-ethyl adjacent to an activating group) is 1. The zero-order valence-corrected chi connectivity index (χ0v) is 22.1. The number of aryl methyl sites for hydroxylation is 1. The van der Waals surface area contributed by atoms with Crippen LogP contribution in [-0.2, 0) is 9.53 Å². The number of hydrogen-bond donors (Lipinski definition) is 2. The summed E-state index contributed by atoms with van der Waals surface area (Å²) in [5.74, 6) is -0.240. The summed E-state index contributed by atoms with van der Waals surface area (Å²) in [4.78, 5) is 26.3. The third-order valence-electron chi connectivity index (χ3n) is 6.45. The number of halogens is 1. The zero-order valence-electron chi connectivity index (χ0n) is 20.6. The molecule has 1 fully saturated rings. The normalized spacial score (nSPS) is 17.5. The molecule has 2 aliphatic heterocycles. The minimum absolute atomic E-state index is 0.240. The number of fused-ring (bicyclic) bond motifs is 1. The van der Waals surface area contributed by atoms with Crippen LogP contribution in [0.2, 0.25) is 5.02 Å². The zero-order chi connectivity index (χ0) is 25.9. The molecule has 0 spiro atoms. The van der Waals surface area contributed by atoms with Crippen LogP contribution in [0, 0.1) is 6.92 Å². The molecule has 3 heterocycles. The Morgan fingerprint density at radius 3 is 2.59 bits per heavy atom. The Morgan fingerprint density at radius 2 is 1.86 bits per heavy atom. The standard InChI is InChI=1S/C27H27ClN6O2S/c1-17-15-20(34-11-13-36-14-12-34)4-5-22(17)30-27(37)32-25-26(35)33(2)23-6-3-19(28)16-21(23)24(31-25)18-7-9-29-10-8-18/h3-10,15-16,25H,11-14H2,1-2H3,(H2,30,32,37). The van der Waals surface area contributed by atoms with Crippen LogP contribution in [-0.4, -0.2) is 61.2 Å². The first kappa shape index (κ1) is 25.1. The number of rotatable bonds is 4. The molecule has 0 radical (unpaired) electrons. The van der Waals surface area contributed by atoms with Crippen molar-refractivity contribution in [3.63, 3.8) is 0 Å². The van der Waals surface area contributed by atoms with E-state index in [0.717, 1.165) is 54.4 Å². The number of hydrogen-bond acceptors (Lipinski definition) is 6. The molecule has 3 aromatic rings. The van der Waals surface area contributed by atoms with Crippen molar-refractivity contribution < 1.29 is 9.53 Å². The lowest BCUT2D eigenvalue weighted by Crippen LogP contribution is -2.47. The monoisotopic (exact) mass is 534 g/mol. The van der Waals surface area contributed by atoms with Crippen LogP contribution >= 0.6 is 23.8 Å². The Morgan fingerprint density at radius 1 is 1.11 bits per heavy atom. The number of nitrogens with one attached hydrogen (secondary N) is 2. The SMILES string of the molecule is Cc1cc(N2CCOCC2)ccc1NC(=S)NC1N=C(c2ccncc2)c2cc(Cl)ccc2N(C)C1=O. The maximum Gasteiger partial charge on any atom is 0.272 e. The van der Waals surface area contributed by atoms with Crippen molar-refractivity contribution in [2.24, 2.45) is 4.99 Å². The molecule has 0 saturated carbocycles. The summed E-state index contributed by atoms with van der Waals surface area (Å²) in [6.45, 7) is 5.23. The van der Waals surface area contributed by atoms with Gasteiger partial charge in [-0.2, -0.15) is 0 Å². The molecule has 5 rings (SSSR count). The van der Waals surface area contributed by atoms with Crippen LogP contribution in [0.25, 0.3) is 0 Å². The number of benzodiazepines with no additional fused rings is 1. The van der Waals surface area contributed by atoms with Gasteiger partial charge < -0.3 is 25.2 Å². The van der Waals surface area contributed by atoms with Gasteiger partial charge in [-0.1, -0.05) is 11.6 Å². The molecule has 2 aromatic carbocycles. The molecule has 1 aromatic heterocycles. The first-order valence-corrected chi connectivity index (χ1v) is 12.8. The largest absolute Gasteiger partial charge is 0.378 e. The minimum Gasteiger partial charge on any atom is -0.378 e. The second-order valence-corrected chi connectivity index (χ2v) is 9.72. The molecule has 1 saturated heterocycles. The number of benzene rings is 2. The highest BCUT2D eigenvalue weighted by Gasteiger charge is 2.30. The van der Waals surface area contributed by atoms with Crippen molar-refractivity contribution in [2.45, 2.75) is 13.1 Å². The van der Waals surface area contributed by atoms with E-state index in [4.69, 9.17) is 33.5 Å². The predicted octanol–water partition coefficient (Wildman–Crippen LogP) is 4.01. The maximum absolute atomic E-state index is 13.5. The van der Waals surface area contributed by atoms with Gasteiger partial charge in [0.15, 0.2) is 5.11 Å². The third-order valence-corrected chi connectivity index (χ3v) is 6.91. The Balaban J connectivity index is 1.40. The summed E-state index contributed by atoms with van der Waals surface area (Å²) in [6.07, 6.45) is 2.44. The average Bonchev–Trinajstić information content (AvgIpc) is 3.01. The van der Waals surface area contributed by atoms with E-state index in [9.17, 15) is 4.79 Å². The van der Waals surface area contributed by atoms with E-state index in [2.05, 4.69) is 32.7 Å². The van der Waals surface area contributed by atoms with E-state index >= 15 is 0 Å². The summed E-state index contributed by atoms with van der Waals surface area (Å²) in [7, 11) is 1.72. The summed E-state index contributed by atoms with van der Waals surface area (Å²) in [6, 6.07) is 15.3. The smallest absolute Gasteiger partial charge is 0.272 e. The molecule has 10 heteroatoms. The minimum atomic E-state index is -0.938. The van der Waals surface area contributed by atoms with Crippen LogP contribution in [0.3, 0.4) is 0 Å². The molecule has 0 aliphatic carbocycles. The topological polar surface area (TPSA) is 82.1 Å². The fourth-order valence-electron chi connectivity index (χ4n) is 4.47. The highest BCUT2D eigenvalue weighted by molar-refractivity contribution is 7.80. The van der Waals surface area contributed by atoms with Gasteiger partial charge in [-0.05, 0) is 73.2 Å². The van der Waals surface area contributed by atoms with Crippen LogP contribution in [0.4, 0.5) is 17.1 Å². The summed E-state index contributed by atoms with van der Waals surface area (Å²) in [5, 5.41) is 7.20. The molecule has 1 unspecified atom stereocenters. The number of morpholine rings is 1. The van der Waals surface area contributed by atoms with Gasteiger partial charge in [0, 0.05) is 60.1 Å². The molecule has 190 valence electrons. The fraction of sp³-hybridized carbons (Fsp3) is 0.259. The molecular weight excluding hydrogens is 508 g/mol. The molecule has 0 bridgehead atoms. The number of anilines is 3. The summed E-state index contributed by atoms with van der Waals surface area (Å²) >= 11 is 11.9. The molecule has 2 aliphatic rings. The lowest BCUT2D eigenvalue weighted by atomic mass is 10.0. The van der Waals surface area contributed by atoms with Crippen molar-refractivity contribution in [3.05, 3.63) is 82.6 Å². The molecule has 2 N–H and O–H groups in total.